The molecule has 2 aliphatic heterocycles. The van der Waals surface area contributed by atoms with E-state index in [1.807, 2.05) is 0 Å². The Morgan fingerprint density at radius 2 is 1.52 bits per heavy atom. The van der Waals surface area contributed by atoms with Crippen LogP contribution in [0.25, 0.3) is 0 Å². The Morgan fingerprint density at radius 1 is 0.907 bits per heavy atom. The second-order valence-electron chi connectivity index (χ2n) is 12.9. The van der Waals surface area contributed by atoms with Crippen LogP contribution in [0.2, 0.25) is 5.02 Å². The highest BCUT2D eigenvalue weighted by Gasteiger charge is 2.77. The minimum Gasteiger partial charge on any atom is -0.508 e. The number of aromatic hydroxyl groups is 1. The van der Waals surface area contributed by atoms with Crippen LogP contribution in [0.5, 0.6) is 5.75 Å². The number of halogens is 12. The number of fused-ring (bicyclic) bond motifs is 4. The number of hydrogen-bond acceptors (Lipinski definition) is 7. The maximum atomic E-state index is 15.2. The summed E-state index contributed by atoms with van der Waals surface area (Å²) in [7, 11) is 1.05. The fraction of sp³-hybridized carbons (Fsp3) is 0.303. The van der Waals surface area contributed by atoms with Gasteiger partial charge in [0, 0.05) is 23.0 Å². The Morgan fingerprint density at radius 3 is 2.13 bits per heavy atom. The lowest BCUT2D eigenvalue weighted by Gasteiger charge is -2.50. The number of hydrazine groups is 1. The van der Waals surface area contributed by atoms with Gasteiger partial charge in [-0.2, -0.15) is 18.2 Å². The van der Waals surface area contributed by atoms with Crippen molar-refractivity contribution in [2.75, 3.05) is 17.0 Å². The molecular weight excluding hydrogens is 871 g/mol. The molecule has 9 nitrogen and oxygen atoms in total. The monoisotopic (exact) mass is 886 g/mol. The van der Waals surface area contributed by atoms with Crippen molar-refractivity contribution in [3.05, 3.63) is 91.8 Å². The first-order chi connectivity index (χ1) is 25.1. The zero-order valence-corrected chi connectivity index (χ0v) is 30.4. The first-order valence-electron chi connectivity index (χ1n) is 15.4. The molecule has 0 bridgehead atoms. The summed E-state index contributed by atoms with van der Waals surface area (Å²) in [5, 5.41) is 11.9. The molecule has 1 aromatic heterocycles. The maximum absolute atomic E-state index is 15.2. The van der Waals surface area contributed by atoms with Gasteiger partial charge < -0.3 is 5.11 Å². The van der Waals surface area contributed by atoms with Crippen LogP contribution in [-0.2, 0) is 25.4 Å². The molecule has 284 valence electrons. The van der Waals surface area contributed by atoms with Crippen molar-refractivity contribution < 1.29 is 59.4 Å². The molecule has 3 heterocycles. The molecule has 21 heteroatoms. The van der Waals surface area contributed by atoms with Crippen molar-refractivity contribution in [1.82, 2.24) is 9.99 Å². The van der Waals surface area contributed by atoms with Crippen LogP contribution in [0.15, 0.2) is 46.5 Å². The molecule has 1 saturated carbocycles. The molecule has 1 N–H and O–H groups in total. The third-order valence-corrected chi connectivity index (χ3v) is 12.4. The van der Waals surface area contributed by atoms with E-state index >= 15 is 8.78 Å². The molecule has 0 spiro atoms. The van der Waals surface area contributed by atoms with Crippen molar-refractivity contribution >= 4 is 85.9 Å². The van der Waals surface area contributed by atoms with Crippen LogP contribution < -0.4 is 9.91 Å². The summed E-state index contributed by atoms with van der Waals surface area (Å²) < 4.78 is 114. The van der Waals surface area contributed by atoms with Crippen molar-refractivity contribution in [2.24, 2.45) is 17.8 Å². The van der Waals surface area contributed by atoms with Gasteiger partial charge in [-0.3, -0.25) is 24.2 Å². The fourth-order valence-electron chi connectivity index (χ4n) is 7.86. The van der Waals surface area contributed by atoms with Gasteiger partial charge in [0.25, 0.3) is 23.6 Å². The number of aromatic nitrogens is 1. The predicted octanol–water partition coefficient (Wildman–Crippen LogP) is 7.53. The quantitative estimate of drug-likeness (QED) is 0.0721. The highest BCUT2D eigenvalue weighted by atomic mass is 79.9. The number of carbonyl (C=O) groups excluding carboxylic acids is 4. The molecule has 4 aliphatic rings. The highest BCUT2D eigenvalue weighted by molar-refractivity contribution is 9.10. The van der Waals surface area contributed by atoms with Crippen molar-refractivity contribution in [3.63, 3.8) is 0 Å². The molecule has 7 rings (SSSR count). The van der Waals surface area contributed by atoms with Gasteiger partial charge in [-0.05, 0) is 49.1 Å². The van der Waals surface area contributed by atoms with E-state index in [9.17, 15) is 50.6 Å². The van der Waals surface area contributed by atoms with Gasteiger partial charge in [-0.25, -0.2) is 31.8 Å². The van der Waals surface area contributed by atoms with Gasteiger partial charge in [0.05, 0.1) is 16.9 Å². The molecule has 2 aliphatic carbocycles. The second-order valence-corrected chi connectivity index (χ2v) is 15.5. The summed E-state index contributed by atoms with van der Waals surface area (Å²) >= 11 is 23.5. The molecule has 6 atom stereocenters. The summed E-state index contributed by atoms with van der Waals surface area (Å²) in [6.07, 6.45) is -4.71. The number of carbonyl (C=O) groups is 4. The first-order valence-corrected chi connectivity index (χ1v) is 17.3. The van der Waals surface area contributed by atoms with E-state index in [0.29, 0.717) is 16.1 Å². The summed E-state index contributed by atoms with van der Waals surface area (Å²) in [5.41, 5.74) is -3.58. The van der Waals surface area contributed by atoms with E-state index < -0.39 is 122 Å². The molecule has 6 unspecified atom stereocenters. The van der Waals surface area contributed by atoms with Gasteiger partial charge in [0.1, 0.15) is 17.1 Å². The Labute approximate surface area is 321 Å². The van der Waals surface area contributed by atoms with Crippen molar-refractivity contribution in [3.8, 4) is 5.75 Å². The van der Waals surface area contributed by atoms with Crippen LogP contribution in [0.1, 0.15) is 30.0 Å². The first kappa shape index (κ1) is 38.3. The molecule has 0 radical (unpaired) electrons. The van der Waals surface area contributed by atoms with Crippen LogP contribution in [-0.4, -0.2) is 55.5 Å². The van der Waals surface area contributed by atoms with E-state index in [-0.39, 0.29) is 32.0 Å². The number of phenolic OH excluding ortho intramolecular Hbond substituents is 1. The Hall–Kier alpha value is -4.00. The molecule has 3 aromatic rings. The van der Waals surface area contributed by atoms with Gasteiger partial charge in [-0.1, -0.05) is 39.2 Å². The van der Waals surface area contributed by atoms with E-state index in [1.165, 1.54) is 18.2 Å². The number of imide groups is 2. The highest BCUT2D eigenvalue weighted by Crippen LogP contribution is 2.67. The molecule has 3 fully saturated rings. The van der Waals surface area contributed by atoms with E-state index in [1.54, 1.807) is 0 Å². The Kier molecular flexibility index (Phi) is 8.87. The summed E-state index contributed by atoms with van der Waals surface area (Å²) in [6, 6.07) is 5.19. The van der Waals surface area contributed by atoms with Gasteiger partial charge >= 0.3 is 6.18 Å². The number of allylic oxidation sites excluding steroid dienone is 2. The Balaban J connectivity index is 1.39. The number of rotatable bonds is 4. The smallest absolute Gasteiger partial charge is 0.433 e. The zero-order valence-electron chi connectivity index (χ0n) is 26.6. The lowest BCUT2D eigenvalue weighted by Crippen LogP contribution is -2.60. The largest absolute Gasteiger partial charge is 0.508 e. The number of alkyl halides is 5. The lowest BCUT2D eigenvalue weighted by molar-refractivity contribution is -0.141. The van der Waals surface area contributed by atoms with Crippen LogP contribution in [0, 0.1) is 46.8 Å². The van der Waals surface area contributed by atoms with E-state index in [0.717, 1.165) is 19.2 Å². The third kappa shape index (κ3) is 5.04. The molecular formula is C33H18BrCl3F8N4O5. The van der Waals surface area contributed by atoms with E-state index in [4.69, 9.17) is 34.8 Å². The fourth-order valence-corrected chi connectivity index (χ4v) is 9.39. The van der Waals surface area contributed by atoms with Crippen molar-refractivity contribution in [1.29, 1.82) is 0 Å². The Bertz CT molecular complexity index is 2250. The van der Waals surface area contributed by atoms with Crippen LogP contribution >= 0.6 is 50.7 Å². The van der Waals surface area contributed by atoms with Crippen molar-refractivity contribution in [2.45, 2.75) is 34.7 Å². The number of amides is 4. The molecule has 4 amide bonds. The zero-order chi connectivity index (χ0) is 39.7. The topological polar surface area (TPSA) is 111 Å². The predicted molar refractivity (Wildman–Crippen MR) is 177 cm³/mol. The van der Waals surface area contributed by atoms with Gasteiger partial charge in [0.2, 0.25) is 5.82 Å². The standard InChI is InChI=1S/C33H18BrCl3F8N4O5/c1-47(26-15(35)5-7-17(46-26)33(43,44)45)49-27(51)12-4-3-11-14(18(12)28(49)52)9-31(36)29(53)48(25-23(41)21(39)20(38)22(40)24(25)42)30(54)32(31,37)19(11)13-8-10(34)2-6-16(13)50/h2-3,5-8,12,14,18-19,50H,4,9H2,1H3. The molecule has 54 heavy (non-hydrogen) atoms. The number of nitrogens with zero attached hydrogens (tertiary/aromatic N) is 4. The number of benzene rings is 2. The summed E-state index contributed by atoms with van der Waals surface area (Å²) in [6.45, 7) is 0. The van der Waals surface area contributed by atoms with Gasteiger partial charge in [0.15, 0.2) is 38.8 Å². The number of anilines is 2. The lowest BCUT2D eigenvalue weighted by atomic mass is 9.56. The average molecular weight is 889 g/mol. The van der Waals surface area contributed by atoms with E-state index in [2.05, 4.69) is 20.9 Å². The SMILES string of the molecule is CN(c1nc(C(F)(F)F)ccc1Cl)N1C(=O)C2CC=C3C(CC4(Cl)C(=O)N(c5c(F)c(F)c(F)c(F)c5F)C(=O)C4(Cl)C3c3cc(Br)ccc3O)C2C1=O. The third-order valence-electron chi connectivity index (χ3n) is 10.2. The van der Waals surface area contributed by atoms with Gasteiger partial charge in [-0.15, -0.1) is 23.2 Å². The average Bonchev–Trinajstić information content (AvgIpc) is 3.45. The number of phenols is 1. The van der Waals surface area contributed by atoms with Crippen LogP contribution in [0.4, 0.5) is 46.6 Å². The van der Waals surface area contributed by atoms with Crippen LogP contribution in [0.3, 0.4) is 0 Å². The minimum absolute atomic E-state index is 0.0252. The number of hydrogen-bond donors (Lipinski definition) is 1. The molecule has 2 aromatic carbocycles. The normalized spacial score (nSPS) is 28.0. The number of pyridine rings is 1. The minimum atomic E-state index is -4.94. The second kappa shape index (κ2) is 12.5. The maximum Gasteiger partial charge on any atom is 0.433 e. The summed E-state index contributed by atoms with van der Waals surface area (Å²) in [5.74, 6) is -25.3. The molecule has 2 saturated heterocycles. The summed E-state index contributed by atoms with van der Waals surface area (Å²) in [4.78, 5) is 54.2.